The summed E-state index contributed by atoms with van der Waals surface area (Å²) in [6.07, 6.45) is -4.97. The van der Waals surface area contributed by atoms with Crippen molar-refractivity contribution >= 4 is 28.6 Å². The fraction of sp³-hybridized carbons (Fsp3) is 0.333. The second kappa shape index (κ2) is 10.7. The van der Waals surface area contributed by atoms with Crippen molar-refractivity contribution < 1.29 is 34.8 Å². The number of aliphatic hydroxyl groups is 4. The van der Waals surface area contributed by atoms with Crippen LogP contribution < -0.4 is 10.9 Å². The van der Waals surface area contributed by atoms with Crippen LogP contribution in [0.4, 0.5) is 5.69 Å². The Kier molecular flexibility index (Phi) is 7.97. The maximum Gasteiger partial charge on any atom is 0.337 e. The van der Waals surface area contributed by atoms with Gasteiger partial charge in [0.2, 0.25) is 0 Å². The largest absolute Gasteiger partial charge is 0.465 e. The molecule has 3 unspecified atom stereocenters. The smallest absolute Gasteiger partial charge is 0.337 e. The highest BCUT2D eigenvalue weighted by atomic mass is 16.5. The van der Waals surface area contributed by atoms with Crippen LogP contribution in [0.15, 0.2) is 41.2 Å². The topological polar surface area (TPSA) is 171 Å². The molecule has 3 atom stereocenters. The van der Waals surface area contributed by atoms with Crippen molar-refractivity contribution in [1.29, 1.82) is 0 Å². The molecule has 3 rings (SSSR count). The van der Waals surface area contributed by atoms with E-state index in [0.29, 0.717) is 16.7 Å². The van der Waals surface area contributed by atoms with Crippen LogP contribution in [-0.4, -0.2) is 73.9 Å². The van der Waals surface area contributed by atoms with Crippen LogP contribution in [0.1, 0.15) is 32.0 Å². The maximum atomic E-state index is 13.3. The van der Waals surface area contributed by atoms with Gasteiger partial charge in [0, 0.05) is 5.69 Å². The fourth-order valence-electron chi connectivity index (χ4n) is 3.48. The first-order valence-corrected chi connectivity index (χ1v) is 10.7. The van der Waals surface area contributed by atoms with Gasteiger partial charge in [0.25, 0.3) is 11.5 Å². The first kappa shape index (κ1) is 26.0. The minimum Gasteiger partial charge on any atom is -0.465 e. The number of fused-ring (bicyclic) bond motifs is 1. The number of hydrogen-bond acceptors (Lipinski definition) is 9. The molecular weight excluding hydrogens is 458 g/mol. The zero-order valence-corrected chi connectivity index (χ0v) is 19.4. The van der Waals surface area contributed by atoms with Gasteiger partial charge in [-0.15, -0.1) is 0 Å². The van der Waals surface area contributed by atoms with Crippen LogP contribution in [0.25, 0.3) is 11.0 Å². The molecule has 3 aromatic rings. The number of carbonyl (C=O) groups is 2. The molecule has 11 heteroatoms. The monoisotopic (exact) mass is 485 g/mol. The third kappa shape index (κ3) is 5.54. The molecule has 2 aromatic carbocycles. The van der Waals surface area contributed by atoms with E-state index >= 15 is 0 Å². The second-order valence-corrected chi connectivity index (χ2v) is 8.13. The van der Waals surface area contributed by atoms with E-state index in [1.807, 2.05) is 13.8 Å². The molecule has 186 valence electrons. The highest BCUT2D eigenvalue weighted by molar-refractivity contribution is 6.03. The van der Waals surface area contributed by atoms with Gasteiger partial charge >= 0.3 is 5.97 Å². The molecule has 1 heterocycles. The average Bonchev–Trinajstić information content (AvgIpc) is 2.85. The Labute approximate surface area is 200 Å². The lowest BCUT2D eigenvalue weighted by molar-refractivity contribution is -0.0805. The standard InChI is InChI=1S/C24H27N3O8/c1-12-8-16-17(9-13(12)2)27(10-18(29)21(31)19(30)11-28)23(33)20(26-16)22(32)25-15-6-4-14(5-7-15)24(34)35-3/h4-9,18-19,21,28-31H,10-11H2,1-3H3,(H,25,32). The number of amides is 1. The summed E-state index contributed by atoms with van der Waals surface area (Å²) in [4.78, 5) is 42.1. The maximum absolute atomic E-state index is 13.3. The number of esters is 1. The molecule has 0 aliphatic heterocycles. The number of aliphatic hydroxyl groups excluding tert-OH is 4. The minimum atomic E-state index is -1.73. The summed E-state index contributed by atoms with van der Waals surface area (Å²) >= 11 is 0. The van der Waals surface area contributed by atoms with Crippen molar-refractivity contribution in [3.8, 4) is 0 Å². The highest BCUT2D eigenvalue weighted by Crippen LogP contribution is 2.19. The van der Waals surface area contributed by atoms with Gasteiger partial charge in [-0.3, -0.25) is 9.59 Å². The molecule has 1 aromatic heterocycles. The summed E-state index contributed by atoms with van der Waals surface area (Å²) in [5.41, 5.74) is 1.62. The van der Waals surface area contributed by atoms with Crippen LogP contribution in [0.2, 0.25) is 0 Å². The number of nitrogens with one attached hydrogen (secondary N) is 1. The molecular formula is C24H27N3O8. The number of hydrogen-bond donors (Lipinski definition) is 5. The molecule has 0 aliphatic rings. The van der Waals surface area contributed by atoms with Gasteiger partial charge in [0.15, 0.2) is 5.69 Å². The lowest BCUT2D eigenvalue weighted by Crippen LogP contribution is -2.44. The van der Waals surface area contributed by atoms with E-state index < -0.39 is 54.6 Å². The Hall–Kier alpha value is -3.64. The van der Waals surface area contributed by atoms with Gasteiger partial charge in [-0.25, -0.2) is 9.78 Å². The number of aromatic nitrogens is 2. The van der Waals surface area contributed by atoms with Crippen molar-refractivity contribution in [3.63, 3.8) is 0 Å². The molecule has 0 radical (unpaired) electrons. The number of aryl methyl sites for hydroxylation is 2. The van der Waals surface area contributed by atoms with Crippen molar-refractivity contribution in [1.82, 2.24) is 9.55 Å². The predicted octanol–water partition coefficient (Wildman–Crippen LogP) is 0.127. The number of carbonyl (C=O) groups excluding carboxylic acids is 2. The molecule has 5 N–H and O–H groups in total. The zero-order valence-electron chi connectivity index (χ0n) is 19.4. The zero-order chi connectivity index (χ0) is 25.9. The van der Waals surface area contributed by atoms with Crippen LogP contribution in [0.5, 0.6) is 0 Å². The normalized spacial score (nSPS) is 13.8. The van der Waals surface area contributed by atoms with Crippen LogP contribution in [-0.2, 0) is 11.3 Å². The molecule has 0 bridgehead atoms. The van der Waals surface area contributed by atoms with Crippen molar-refractivity contribution in [3.05, 3.63) is 69.1 Å². The minimum absolute atomic E-state index is 0.278. The first-order chi connectivity index (χ1) is 16.6. The number of nitrogens with zero attached hydrogens (tertiary/aromatic N) is 2. The number of ether oxygens (including phenoxy) is 1. The van der Waals surface area contributed by atoms with Gasteiger partial charge < -0.3 is 35.0 Å². The van der Waals surface area contributed by atoms with E-state index in [-0.39, 0.29) is 5.56 Å². The van der Waals surface area contributed by atoms with Crippen molar-refractivity contribution in [2.45, 2.75) is 38.7 Å². The predicted molar refractivity (Wildman–Crippen MR) is 126 cm³/mol. The summed E-state index contributed by atoms with van der Waals surface area (Å²) < 4.78 is 5.74. The molecule has 0 saturated carbocycles. The highest BCUT2D eigenvalue weighted by Gasteiger charge is 2.27. The molecule has 0 fully saturated rings. The Morgan fingerprint density at radius 3 is 2.29 bits per heavy atom. The van der Waals surface area contributed by atoms with Gasteiger partial charge in [-0.05, 0) is 61.4 Å². The molecule has 35 heavy (non-hydrogen) atoms. The van der Waals surface area contributed by atoms with Crippen molar-refractivity contribution in [2.24, 2.45) is 0 Å². The third-order valence-electron chi connectivity index (χ3n) is 5.69. The fourth-order valence-corrected chi connectivity index (χ4v) is 3.48. The van der Waals surface area contributed by atoms with E-state index in [9.17, 15) is 29.7 Å². The molecule has 0 spiro atoms. The lowest BCUT2D eigenvalue weighted by atomic mass is 10.1. The number of benzene rings is 2. The van der Waals surface area contributed by atoms with Gasteiger partial charge in [0.1, 0.15) is 18.3 Å². The van der Waals surface area contributed by atoms with E-state index in [0.717, 1.165) is 15.7 Å². The van der Waals surface area contributed by atoms with E-state index in [1.165, 1.54) is 31.4 Å². The quantitative estimate of drug-likeness (QED) is 0.278. The first-order valence-electron chi connectivity index (χ1n) is 10.7. The van der Waals surface area contributed by atoms with E-state index in [1.54, 1.807) is 12.1 Å². The lowest BCUT2D eigenvalue weighted by Gasteiger charge is -2.23. The second-order valence-electron chi connectivity index (χ2n) is 8.13. The van der Waals surface area contributed by atoms with E-state index in [4.69, 9.17) is 5.11 Å². The summed E-state index contributed by atoms with van der Waals surface area (Å²) in [5.74, 6) is -1.36. The summed E-state index contributed by atoms with van der Waals surface area (Å²) in [6.45, 7) is 2.41. The van der Waals surface area contributed by atoms with Crippen molar-refractivity contribution in [2.75, 3.05) is 19.0 Å². The Bertz CT molecular complexity index is 1300. The third-order valence-corrected chi connectivity index (χ3v) is 5.69. The van der Waals surface area contributed by atoms with Crippen LogP contribution >= 0.6 is 0 Å². The summed E-state index contributed by atoms with van der Waals surface area (Å²) in [6, 6.07) is 9.19. The van der Waals surface area contributed by atoms with Gasteiger partial charge in [0.05, 0.1) is 36.9 Å². The number of methoxy groups -OCH3 is 1. The Morgan fingerprint density at radius 1 is 1.06 bits per heavy atom. The van der Waals surface area contributed by atoms with Crippen LogP contribution in [0, 0.1) is 13.8 Å². The SMILES string of the molecule is COC(=O)c1ccc(NC(=O)c2nc3cc(C)c(C)cc3n(CC(O)C(O)C(O)CO)c2=O)cc1. The molecule has 11 nitrogen and oxygen atoms in total. The Balaban J connectivity index is 2.03. The Morgan fingerprint density at radius 2 is 1.69 bits per heavy atom. The van der Waals surface area contributed by atoms with Gasteiger partial charge in [-0.1, -0.05) is 0 Å². The number of anilines is 1. The molecule has 0 saturated heterocycles. The molecule has 1 amide bonds. The van der Waals surface area contributed by atoms with Crippen LogP contribution in [0.3, 0.4) is 0 Å². The average molecular weight is 485 g/mol. The van der Waals surface area contributed by atoms with Gasteiger partial charge in [-0.2, -0.15) is 0 Å². The van der Waals surface area contributed by atoms with E-state index in [2.05, 4.69) is 15.0 Å². The summed E-state index contributed by atoms with van der Waals surface area (Å²) in [7, 11) is 1.25. The number of rotatable bonds is 8. The summed E-state index contributed by atoms with van der Waals surface area (Å²) in [5, 5.41) is 41.7. The molecule has 0 aliphatic carbocycles.